The van der Waals surface area contributed by atoms with Crippen LogP contribution in [0.25, 0.3) is 0 Å². The Morgan fingerprint density at radius 3 is 2.81 bits per heavy atom. The van der Waals surface area contributed by atoms with Crippen molar-refractivity contribution >= 4 is 5.96 Å². The van der Waals surface area contributed by atoms with E-state index in [1.54, 1.807) is 7.11 Å². The Morgan fingerprint density at radius 1 is 1.26 bits per heavy atom. The molecule has 1 aliphatic carbocycles. The first-order valence-electron chi connectivity index (χ1n) is 12.0. The number of benzene rings is 1. The summed E-state index contributed by atoms with van der Waals surface area (Å²) in [5.74, 6) is 2.31. The lowest BCUT2D eigenvalue weighted by Crippen LogP contribution is -2.43. The summed E-state index contributed by atoms with van der Waals surface area (Å²) in [5, 5.41) is 7.02. The predicted molar refractivity (Wildman–Crippen MR) is 126 cm³/mol. The Kier molecular flexibility index (Phi) is 9.47. The van der Waals surface area contributed by atoms with Crippen LogP contribution in [0.15, 0.2) is 23.2 Å². The second-order valence-electron chi connectivity index (χ2n) is 9.15. The minimum absolute atomic E-state index is 0.327. The molecule has 6 heteroatoms. The lowest BCUT2D eigenvalue weighted by molar-refractivity contribution is 0.138. The zero-order valence-corrected chi connectivity index (χ0v) is 19.7. The molecule has 1 aromatic rings. The molecule has 1 aromatic carbocycles. The minimum Gasteiger partial charge on any atom is -0.493 e. The van der Waals surface area contributed by atoms with E-state index in [0.29, 0.717) is 24.5 Å². The molecule has 3 rings (SSSR count). The molecule has 2 N–H and O–H groups in total. The Bertz CT molecular complexity index is 695. The van der Waals surface area contributed by atoms with E-state index in [9.17, 15) is 0 Å². The van der Waals surface area contributed by atoms with Gasteiger partial charge < -0.3 is 24.8 Å². The molecule has 1 unspecified atom stereocenters. The molecule has 6 nitrogen and oxygen atoms in total. The van der Waals surface area contributed by atoms with Gasteiger partial charge in [-0.25, -0.2) is 4.99 Å². The van der Waals surface area contributed by atoms with Gasteiger partial charge >= 0.3 is 0 Å². The van der Waals surface area contributed by atoms with Crippen LogP contribution in [0.5, 0.6) is 5.75 Å². The van der Waals surface area contributed by atoms with Crippen LogP contribution in [-0.2, 0) is 16.0 Å². The van der Waals surface area contributed by atoms with Gasteiger partial charge in [-0.1, -0.05) is 25.0 Å². The maximum atomic E-state index is 6.19. The Labute approximate surface area is 188 Å². The van der Waals surface area contributed by atoms with Crippen LogP contribution in [-0.4, -0.2) is 52.6 Å². The van der Waals surface area contributed by atoms with Crippen LogP contribution in [0.3, 0.4) is 0 Å². The number of aryl methyl sites for hydroxylation is 1. The van der Waals surface area contributed by atoms with Crippen molar-refractivity contribution in [3.8, 4) is 5.75 Å². The van der Waals surface area contributed by atoms with Crippen molar-refractivity contribution in [2.24, 2.45) is 16.3 Å². The summed E-state index contributed by atoms with van der Waals surface area (Å²) in [6.45, 7) is 9.78. The highest BCUT2D eigenvalue weighted by Crippen LogP contribution is 2.40. The number of hydrogen-bond acceptors (Lipinski definition) is 4. The van der Waals surface area contributed by atoms with Gasteiger partial charge in [-0.2, -0.15) is 0 Å². The average molecular weight is 432 g/mol. The first kappa shape index (κ1) is 23.9. The van der Waals surface area contributed by atoms with Crippen LogP contribution < -0.4 is 15.4 Å². The third-order valence-corrected chi connectivity index (χ3v) is 6.60. The summed E-state index contributed by atoms with van der Waals surface area (Å²) in [4.78, 5) is 4.88. The summed E-state index contributed by atoms with van der Waals surface area (Å²) in [7, 11) is 1.79. The molecule has 2 aliphatic rings. The zero-order chi connectivity index (χ0) is 21.9. The highest BCUT2D eigenvalue weighted by molar-refractivity contribution is 5.79. The number of ether oxygens (including phenoxy) is 3. The topological polar surface area (TPSA) is 64.1 Å². The summed E-state index contributed by atoms with van der Waals surface area (Å²) < 4.78 is 17.0. The molecular formula is C25H41N3O3. The molecule has 0 amide bonds. The van der Waals surface area contributed by atoms with Crippen molar-refractivity contribution in [3.05, 3.63) is 29.3 Å². The maximum Gasteiger partial charge on any atom is 0.191 e. The first-order valence-corrected chi connectivity index (χ1v) is 12.0. The zero-order valence-electron chi connectivity index (χ0n) is 19.7. The molecule has 1 saturated heterocycles. The number of hydrogen-bond donors (Lipinski definition) is 2. The van der Waals surface area contributed by atoms with E-state index in [0.717, 1.165) is 63.0 Å². The number of aliphatic imine (C=N–C) groups is 1. The number of guanidine groups is 1. The van der Waals surface area contributed by atoms with E-state index in [2.05, 4.69) is 42.7 Å². The van der Waals surface area contributed by atoms with Crippen molar-refractivity contribution in [1.82, 2.24) is 10.6 Å². The molecule has 1 saturated carbocycles. The third kappa shape index (κ3) is 7.39. The molecule has 2 fully saturated rings. The molecule has 0 aromatic heterocycles. The fraction of sp³-hybridized carbons (Fsp3) is 0.720. The number of nitrogens with zero attached hydrogens (tertiary/aromatic N) is 1. The highest BCUT2D eigenvalue weighted by atomic mass is 16.5. The largest absolute Gasteiger partial charge is 0.493 e. The molecular weight excluding hydrogens is 390 g/mol. The van der Waals surface area contributed by atoms with Crippen molar-refractivity contribution in [2.75, 3.05) is 46.6 Å². The van der Waals surface area contributed by atoms with Crippen LogP contribution >= 0.6 is 0 Å². The smallest absolute Gasteiger partial charge is 0.191 e. The first-order chi connectivity index (χ1) is 15.1. The summed E-state index contributed by atoms with van der Waals surface area (Å²) >= 11 is 0. The van der Waals surface area contributed by atoms with Crippen LogP contribution in [0, 0.1) is 18.3 Å². The normalized spacial score (nSPS) is 20.7. The quantitative estimate of drug-likeness (QED) is 0.409. The van der Waals surface area contributed by atoms with Gasteiger partial charge in [0.2, 0.25) is 0 Å². The van der Waals surface area contributed by atoms with Crippen molar-refractivity contribution in [2.45, 2.75) is 58.9 Å². The van der Waals surface area contributed by atoms with Crippen LogP contribution in [0.4, 0.5) is 0 Å². The molecule has 0 spiro atoms. The van der Waals surface area contributed by atoms with E-state index in [-0.39, 0.29) is 0 Å². The molecule has 1 aliphatic heterocycles. The van der Waals surface area contributed by atoms with E-state index >= 15 is 0 Å². The highest BCUT2D eigenvalue weighted by Gasteiger charge is 2.33. The Balaban J connectivity index is 1.62. The van der Waals surface area contributed by atoms with Crippen LogP contribution in [0.1, 0.15) is 56.6 Å². The monoisotopic (exact) mass is 431 g/mol. The summed E-state index contributed by atoms with van der Waals surface area (Å²) in [6, 6.07) is 6.40. The number of rotatable bonds is 11. The lowest BCUT2D eigenvalue weighted by atomic mass is 9.83. The summed E-state index contributed by atoms with van der Waals surface area (Å²) in [5.41, 5.74) is 2.65. The van der Waals surface area contributed by atoms with E-state index in [1.165, 1.54) is 31.2 Å². The van der Waals surface area contributed by atoms with Crippen molar-refractivity contribution in [1.29, 1.82) is 0 Å². The molecule has 0 bridgehead atoms. The Morgan fingerprint density at radius 2 is 2.10 bits per heavy atom. The molecule has 31 heavy (non-hydrogen) atoms. The predicted octanol–water partition coefficient (Wildman–Crippen LogP) is 4.06. The molecule has 1 heterocycles. The van der Waals surface area contributed by atoms with Gasteiger partial charge in [0.15, 0.2) is 5.96 Å². The number of methoxy groups -OCH3 is 1. The SMILES string of the molecule is CCNC(=NCc1ccc(C)cc1OCC1CCOC1)NCC1(CCOC)CCCC1. The molecule has 0 radical (unpaired) electrons. The lowest BCUT2D eigenvalue weighted by Gasteiger charge is -2.30. The van der Waals surface area contributed by atoms with Crippen molar-refractivity contribution in [3.63, 3.8) is 0 Å². The van der Waals surface area contributed by atoms with Crippen molar-refractivity contribution < 1.29 is 14.2 Å². The second-order valence-corrected chi connectivity index (χ2v) is 9.15. The van der Waals surface area contributed by atoms with Gasteiger partial charge in [0.1, 0.15) is 5.75 Å². The van der Waals surface area contributed by atoms with Gasteiger partial charge in [-0.05, 0) is 56.6 Å². The maximum absolute atomic E-state index is 6.19. The fourth-order valence-electron chi connectivity index (χ4n) is 4.59. The van der Waals surface area contributed by atoms with E-state index in [1.807, 2.05) is 0 Å². The van der Waals surface area contributed by atoms with Gasteiger partial charge in [0.25, 0.3) is 0 Å². The van der Waals surface area contributed by atoms with Gasteiger partial charge in [-0.15, -0.1) is 0 Å². The standard InChI is InChI=1S/C25H41N3O3/c1-4-26-24(28-19-25(12-14-29-3)10-5-6-11-25)27-16-22-8-7-20(2)15-23(22)31-18-21-9-13-30-17-21/h7-8,15,21H,4-6,9-14,16-19H2,1-3H3,(H2,26,27,28). The van der Waals surface area contributed by atoms with Gasteiger partial charge in [0, 0.05) is 44.9 Å². The van der Waals surface area contributed by atoms with Gasteiger partial charge in [0.05, 0.1) is 19.8 Å². The fourth-order valence-corrected chi connectivity index (χ4v) is 4.59. The number of nitrogens with one attached hydrogen (secondary N) is 2. The summed E-state index contributed by atoms with van der Waals surface area (Å²) in [6.07, 6.45) is 7.35. The average Bonchev–Trinajstić information content (AvgIpc) is 3.46. The molecule has 174 valence electrons. The van der Waals surface area contributed by atoms with Crippen LogP contribution in [0.2, 0.25) is 0 Å². The van der Waals surface area contributed by atoms with Gasteiger partial charge in [-0.3, -0.25) is 0 Å². The third-order valence-electron chi connectivity index (χ3n) is 6.60. The molecule has 1 atom stereocenters. The second kappa shape index (κ2) is 12.3. The van der Waals surface area contributed by atoms with E-state index in [4.69, 9.17) is 19.2 Å². The Hall–Kier alpha value is -1.79. The van der Waals surface area contributed by atoms with E-state index < -0.39 is 0 Å². The minimum atomic E-state index is 0.327.